The Labute approximate surface area is 181 Å². The summed E-state index contributed by atoms with van der Waals surface area (Å²) in [7, 11) is 0. The number of halogens is 2. The van der Waals surface area contributed by atoms with Crippen LogP contribution in [-0.2, 0) is 17.9 Å². The van der Waals surface area contributed by atoms with Gasteiger partial charge < -0.3 is 16.0 Å². The average Bonchev–Trinajstić information content (AvgIpc) is 3.08. The Kier molecular flexibility index (Phi) is 5.93. The van der Waals surface area contributed by atoms with Gasteiger partial charge in [-0.15, -0.1) is 0 Å². The maximum absolute atomic E-state index is 13.6. The molecule has 0 saturated carbocycles. The van der Waals surface area contributed by atoms with Gasteiger partial charge in [-0.2, -0.15) is 10.6 Å². The monoisotopic (exact) mass is 450 g/mol. The third-order valence-corrected chi connectivity index (χ3v) is 5.17. The predicted molar refractivity (Wildman–Crippen MR) is 107 cm³/mol. The number of rotatable bonds is 5. The zero-order valence-corrected chi connectivity index (χ0v) is 17.5. The number of fused-ring (bicyclic) bond motifs is 1. The van der Waals surface area contributed by atoms with E-state index in [-0.39, 0.29) is 35.9 Å². The van der Waals surface area contributed by atoms with Crippen LogP contribution in [0.5, 0.6) is 0 Å². The van der Waals surface area contributed by atoms with Crippen LogP contribution in [0.3, 0.4) is 0 Å². The Bertz CT molecular complexity index is 1080. The molecule has 2 heterocycles. The van der Waals surface area contributed by atoms with Crippen molar-refractivity contribution in [3.8, 4) is 11.3 Å². The summed E-state index contributed by atoms with van der Waals surface area (Å²) >= 11 is 5.88. The van der Waals surface area contributed by atoms with E-state index >= 15 is 0 Å². The summed E-state index contributed by atoms with van der Waals surface area (Å²) in [6, 6.07) is 3.36. The summed E-state index contributed by atoms with van der Waals surface area (Å²) in [5.41, 5.74) is 14.1. The molecule has 1 aromatic carbocycles. The van der Waals surface area contributed by atoms with Gasteiger partial charge in [0.2, 0.25) is 5.91 Å². The van der Waals surface area contributed by atoms with Crippen molar-refractivity contribution in [1.82, 2.24) is 25.4 Å². The van der Waals surface area contributed by atoms with Gasteiger partial charge in [0.25, 0.3) is 5.91 Å². The molecule has 11 nitrogen and oxygen atoms in total. The maximum atomic E-state index is 13.6. The molecule has 13 heteroatoms. The van der Waals surface area contributed by atoms with Crippen molar-refractivity contribution in [3.63, 3.8) is 0 Å². The second-order valence-corrected chi connectivity index (χ2v) is 7.82. The van der Waals surface area contributed by atoms with Crippen LogP contribution in [0.1, 0.15) is 29.9 Å². The summed E-state index contributed by atoms with van der Waals surface area (Å²) in [5.74, 6) is -2.04. The van der Waals surface area contributed by atoms with Crippen molar-refractivity contribution in [3.05, 3.63) is 40.3 Å². The number of hydrogen-bond acceptors (Lipinski definition) is 6. The van der Waals surface area contributed by atoms with Crippen molar-refractivity contribution in [2.75, 3.05) is 6.54 Å². The van der Waals surface area contributed by atoms with Gasteiger partial charge in [0.15, 0.2) is 0 Å². The number of amides is 4. The second-order valence-electron chi connectivity index (χ2n) is 7.42. The summed E-state index contributed by atoms with van der Waals surface area (Å²) in [6.07, 6.45) is 0. The fraction of sp³-hybridized carbons (Fsp3) is 0.333. The van der Waals surface area contributed by atoms with Crippen LogP contribution in [0, 0.1) is 11.3 Å². The van der Waals surface area contributed by atoms with E-state index < -0.39 is 29.2 Å². The van der Waals surface area contributed by atoms with E-state index in [1.54, 1.807) is 4.68 Å². The van der Waals surface area contributed by atoms with Gasteiger partial charge in [-0.05, 0) is 32.0 Å². The minimum atomic E-state index is -1.27. The molecule has 0 bridgehead atoms. The molecule has 0 fully saturated rings. The third kappa shape index (κ3) is 4.33. The van der Waals surface area contributed by atoms with E-state index in [0.29, 0.717) is 11.3 Å². The van der Waals surface area contributed by atoms with E-state index in [2.05, 4.69) is 15.6 Å². The number of benzene rings is 1. The molecule has 164 valence electrons. The van der Waals surface area contributed by atoms with Crippen molar-refractivity contribution in [2.24, 2.45) is 11.0 Å². The Morgan fingerprint density at radius 2 is 2.03 bits per heavy atom. The molecule has 0 saturated heterocycles. The van der Waals surface area contributed by atoms with Crippen LogP contribution < -0.4 is 16.5 Å². The number of primary amides is 1. The fourth-order valence-corrected chi connectivity index (χ4v) is 3.27. The number of carbonyl (C=O) groups is 3. The SMILES string of the molecule is CC(C)(NC(=O)N1CCn2nc(-c3ccc(F)c(Cl)c3)c(C(=O)NN=N)c2C1)C(N)=O. The molecule has 1 aliphatic rings. The summed E-state index contributed by atoms with van der Waals surface area (Å²) in [5, 5.41) is 9.76. The van der Waals surface area contributed by atoms with Crippen molar-refractivity contribution in [2.45, 2.75) is 32.5 Å². The van der Waals surface area contributed by atoms with E-state index in [0.717, 1.165) is 6.07 Å². The highest BCUT2D eigenvalue weighted by Crippen LogP contribution is 2.31. The minimum Gasteiger partial charge on any atom is -0.368 e. The van der Waals surface area contributed by atoms with Gasteiger partial charge >= 0.3 is 6.03 Å². The first-order valence-corrected chi connectivity index (χ1v) is 9.52. The smallest absolute Gasteiger partial charge is 0.318 e. The molecule has 4 amide bonds. The summed E-state index contributed by atoms with van der Waals surface area (Å²) in [4.78, 5) is 38.2. The molecule has 0 radical (unpaired) electrons. The Balaban J connectivity index is 2.00. The number of aromatic nitrogens is 2. The number of carbonyl (C=O) groups excluding carboxylic acids is 3. The predicted octanol–water partition coefficient (Wildman–Crippen LogP) is 1.81. The highest BCUT2D eigenvalue weighted by Gasteiger charge is 2.34. The van der Waals surface area contributed by atoms with Gasteiger partial charge in [0.1, 0.15) is 17.1 Å². The Hall–Kier alpha value is -3.54. The molecule has 0 aliphatic carbocycles. The van der Waals surface area contributed by atoms with E-state index in [4.69, 9.17) is 22.9 Å². The topological polar surface area (TPSA) is 159 Å². The highest BCUT2D eigenvalue weighted by atomic mass is 35.5. The molecular formula is C18H20ClFN8O3. The molecule has 5 N–H and O–H groups in total. The lowest BCUT2D eigenvalue weighted by molar-refractivity contribution is -0.122. The van der Waals surface area contributed by atoms with Crippen molar-refractivity contribution < 1.29 is 18.8 Å². The highest BCUT2D eigenvalue weighted by molar-refractivity contribution is 6.31. The van der Waals surface area contributed by atoms with Gasteiger partial charge in [0.05, 0.1) is 29.4 Å². The van der Waals surface area contributed by atoms with E-state index in [9.17, 15) is 18.8 Å². The number of nitrogens with one attached hydrogen (secondary N) is 3. The quantitative estimate of drug-likeness (QED) is 0.404. The lowest BCUT2D eigenvalue weighted by Crippen LogP contribution is -2.57. The number of nitrogens with two attached hydrogens (primary N) is 1. The average molecular weight is 451 g/mol. The van der Waals surface area contributed by atoms with Gasteiger partial charge in [0, 0.05) is 12.1 Å². The molecule has 1 aromatic heterocycles. The molecule has 3 rings (SSSR count). The van der Waals surface area contributed by atoms with Gasteiger partial charge in [-0.1, -0.05) is 16.8 Å². The number of urea groups is 1. The van der Waals surface area contributed by atoms with Crippen LogP contribution >= 0.6 is 11.6 Å². The molecule has 0 atom stereocenters. The van der Waals surface area contributed by atoms with Gasteiger partial charge in [-0.25, -0.2) is 14.6 Å². The summed E-state index contributed by atoms with van der Waals surface area (Å²) in [6.45, 7) is 3.46. The second kappa shape index (κ2) is 8.30. The standard InChI is InChI=1S/C18H20ClFN8O3/c1-18(2,16(21)30)23-17(31)27-5-6-28-12(8-27)13(15(29)24-26-22)14(25-28)9-3-4-11(20)10(19)7-9/h3-4,7H,5-6,8H2,1-2H3,(H2,21,30)(H,23,31)(H2,22,24,29). The molecule has 0 spiro atoms. The largest absolute Gasteiger partial charge is 0.368 e. The zero-order chi connectivity index (χ0) is 22.9. The normalized spacial score (nSPS) is 13.4. The van der Waals surface area contributed by atoms with Crippen molar-refractivity contribution in [1.29, 1.82) is 5.53 Å². The van der Waals surface area contributed by atoms with Crippen LogP contribution in [0.15, 0.2) is 23.4 Å². The van der Waals surface area contributed by atoms with Crippen LogP contribution in [-0.4, -0.2) is 44.6 Å². The minimum absolute atomic E-state index is 0.0106. The first-order chi connectivity index (χ1) is 14.5. The maximum Gasteiger partial charge on any atom is 0.318 e. The number of nitrogens with zero attached hydrogens (tertiary/aromatic N) is 4. The third-order valence-electron chi connectivity index (χ3n) is 4.88. The zero-order valence-electron chi connectivity index (χ0n) is 16.7. The lowest BCUT2D eigenvalue weighted by atomic mass is 10.0. The fourth-order valence-electron chi connectivity index (χ4n) is 3.09. The number of hydrogen-bond donors (Lipinski definition) is 4. The van der Waals surface area contributed by atoms with Crippen LogP contribution in [0.4, 0.5) is 9.18 Å². The Morgan fingerprint density at radius 3 is 2.65 bits per heavy atom. The van der Waals surface area contributed by atoms with Gasteiger partial charge in [-0.3, -0.25) is 14.3 Å². The van der Waals surface area contributed by atoms with Crippen LogP contribution in [0.25, 0.3) is 11.3 Å². The molecule has 1 aliphatic heterocycles. The molecule has 31 heavy (non-hydrogen) atoms. The molecule has 0 unspecified atom stereocenters. The molecular weight excluding hydrogens is 431 g/mol. The summed E-state index contributed by atoms with van der Waals surface area (Å²) < 4.78 is 15.1. The van der Waals surface area contributed by atoms with Crippen LogP contribution in [0.2, 0.25) is 5.02 Å². The Morgan fingerprint density at radius 1 is 1.32 bits per heavy atom. The first kappa shape index (κ1) is 22.2. The first-order valence-electron chi connectivity index (χ1n) is 9.14. The van der Waals surface area contributed by atoms with E-state index in [1.165, 1.54) is 30.9 Å². The van der Waals surface area contributed by atoms with Crippen molar-refractivity contribution >= 4 is 29.4 Å². The lowest BCUT2D eigenvalue weighted by Gasteiger charge is -2.31. The molecule has 2 aromatic rings. The van der Waals surface area contributed by atoms with E-state index in [1.807, 2.05) is 5.43 Å².